The largest absolute Gasteiger partial charge is 0.383 e. The van der Waals surface area contributed by atoms with Crippen LogP contribution in [0.15, 0.2) is 54.9 Å². The number of aromatic amines is 2. The van der Waals surface area contributed by atoms with Gasteiger partial charge in [-0.15, -0.1) is 0 Å². The van der Waals surface area contributed by atoms with Gasteiger partial charge in [-0.1, -0.05) is 18.2 Å². The van der Waals surface area contributed by atoms with Crippen molar-refractivity contribution in [3.63, 3.8) is 0 Å². The summed E-state index contributed by atoms with van der Waals surface area (Å²) in [7, 11) is 0. The molecule has 144 valence electrons. The van der Waals surface area contributed by atoms with Crippen molar-refractivity contribution >= 4 is 33.7 Å². The van der Waals surface area contributed by atoms with Crippen LogP contribution in [-0.2, 0) is 13.0 Å². The lowest BCUT2D eigenvalue weighted by Crippen LogP contribution is -2.07. The molecule has 0 saturated heterocycles. The van der Waals surface area contributed by atoms with E-state index in [9.17, 15) is 0 Å². The zero-order chi connectivity index (χ0) is 19.8. The van der Waals surface area contributed by atoms with E-state index in [0.717, 1.165) is 33.5 Å². The Balaban J connectivity index is 1.29. The van der Waals surface area contributed by atoms with E-state index in [1.807, 2.05) is 25.3 Å². The molecule has 3 aromatic heterocycles. The highest BCUT2D eigenvalue weighted by atomic mass is 15.1. The maximum Gasteiger partial charge on any atom is 0.224 e. The minimum atomic E-state index is 0.494. The van der Waals surface area contributed by atoms with Crippen LogP contribution in [0, 0.1) is 6.92 Å². The number of nitrogens with two attached hydrogens (primary N) is 1. The number of hydrogen-bond acceptors (Lipinski definition) is 5. The quantitative estimate of drug-likeness (QED) is 0.368. The summed E-state index contributed by atoms with van der Waals surface area (Å²) in [6, 6.07) is 14.5. The molecule has 0 radical (unpaired) electrons. The molecule has 0 aliphatic heterocycles. The first-order valence-electron chi connectivity index (χ1n) is 9.50. The summed E-state index contributed by atoms with van der Waals surface area (Å²) in [6.07, 6.45) is 4.43. The van der Waals surface area contributed by atoms with Gasteiger partial charge in [0.15, 0.2) is 0 Å². The molecule has 0 aliphatic rings. The number of fused-ring (bicyclic) bond motifs is 2. The van der Waals surface area contributed by atoms with Gasteiger partial charge in [0, 0.05) is 36.4 Å². The molecule has 3 heterocycles. The third kappa shape index (κ3) is 3.50. The van der Waals surface area contributed by atoms with Crippen molar-refractivity contribution in [1.82, 2.24) is 24.9 Å². The number of rotatable bonds is 5. The standard InChI is InChI=1S/C22H21N7/c1-13-27-18-5-3-15(10-20(18)28-13)11-25-22-26-12-17(21(23)29-22)8-14-2-4-16-6-7-24-19(16)9-14/h2-7,9-10,12,24H,8,11H2,1H3,(H,27,28)(H3,23,25,26,29). The lowest BCUT2D eigenvalue weighted by atomic mass is 10.1. The Labute approximate surface area is 167 Å². The Morgan fingerprint density at radius 3 is 2.76 bits per heavy atom. The molecule has 0 spiro atoms. The molecule has 0 atom stereocenters. The molecule has 7 heteroatoms. The number of aryl methyl sites for hydroxylation is 1. The Morgan fingerprint density at radius 2 is 1.86 bits per heavy atom. The van der Waals surface area contributed by atoms with Crippen molar-refractivity contribution in [3.05, 3.63) is 77.4 Å². The lowest BCUT2D eigenvalue weighted by Gasteiger charge is -2.09. The highest BCUT2D eigenvalue weighted by molar-refractivity contribution is 5.80. The van der Waals surface area contributed by atoms with Crippen LogP contribution in [0.3, 0.4) is 0 Å². The fourth-order valence-electron chi connectivity index (χ4n) is 3.54. The second-order valence-corrected chi connectivity index (χ2v) is 7.21. The summed E-state index contributed by atoms with van der Waals surface area (Å²) < 4.78 is 0. The average Bonchev–Trinajstić information content (AvgIpc) is 3.32. The van der Waals surface area contributed by atoms with Crippen LogP contribution in [0.1, 0.15) is 22.5 Å². The molecule has 2 aromatic carbocycles. The first kappa shape index (κ1) is 17.2. The van der Waals surface area contributed by atoms with Crippen molar-refractivity contribution in [2.75, 3.05) is 11.1 Å². The van der Waals surface area contributed by atoms with Gasteiger partial charge < -0.3 is 21.0 Å². The van der Waals surface area contributed by atoms with Crippen molar-refractivity contribution in [3.8, 4) is 0 Å². The van der Waals surface area contributed by atoms with Gasteiger partial charge in [-0.05, 0) is 47.7 Å². The zero-order valence-corrected chi connectivity index (χ0v) is 16.0. The Kier molecular flexibility index (Phi) is 4.13. The summed E-state index contributed by atoms with van der Waals surface area (Å²) in [5, 5.41) is 4.44. The van der Waals surface area contributed by atoms with Crippen LogP contribution >= 0.6 is 0 Å². The van der Waals surface area contributed by atoms with Gasteiger partial charge in [-0.3, -0.25) is 0 Å². The summed E-state index contributed by atoms with van der Waals surface area (Å²) >= 11 is 0. The Hall–Kier alpha value is -3.87. The summed E-state index contributed by atoms with van der Waals surface area (Å²) in [5.41, 5.74) is 12.5. The predicted molar refractivity (Wildman–Crippen MR) is 116 cm³/mol. The molecule has 5 rings (SSSR count). The second-order valence-electron chi connectivity index (χ2n) is 7.21. The Bertz CT molecular complexity index is 1320. The highest BCUT2D eigenvalue weighted by Crippen LogP contribution is 2.20. The van der Waals surface area contributed by atoms with E-state index < -0.39 is 0 Å². The summed E-state index contributed by atoms with van der Waals surface area (Å²) in [5.74, 6) is 1.92. The number of nitrogens with zero attached hydrogens (tertiary/aromatic N) is 3. The van der Waals surface area contributed by atoms with E-state index in [4.69, 9.17) is 5.73 Å². The molecule has 29 heavy (non-hydrogen) atoms. The first-order chi connectivity index (χ1) is 14.1. The van der Waals surface area contributed by atoms with Gasteiger partial charge in [-0.25, -0.2) is 9.97 Å². The van der Waals surface area contributed by atoms with E-state index in [0.29, 0.717) is 24.7 Å². The van der Waals surface area contributed by atoms with Gasteiger partial charge in [0.05, 0.1) is 11.0 Å². The topological polar surface area (TPSA) is 108 Å². The number of H-pyrrole nitrogens is 2. The maximum atomic E-state index is 6.20. The number of hydrogen-bond donors (Lipinski definition) is 4. The molecular weight excluding hydrogens is 362 g/mol. The van der Waals surface area contributed by atoms with Crippen molar-refractivity contribution < 1.29 is 0 Å². The van der Waals surface area contributed by atoms with Crippen LogP contribution in [0.25, 0.3) is 21.9 Å². The van der Waals surface area contributed by atoms with E-state index >= 15 is 0 Å². The molecule has 7 nitrogen and oxygen atoms in total. The molecule has 0 amide bonds. The predicted octanol–water partition coefficient (Wildman–Crippen LogP) is 3.93. The van der Waals surface area contributed by atoms with Crippen molar-refractivity contribution in [2.24, 2.45) is 0 Å². The third-order valence-corrected chi connectivity index (χ3v) is 5.03. The second kappa shape index (κ2) is 6.94. The van der Waals surface area contributed by atoms with Gasteiger partial charge in [0.2, 0.25) is 5.95 Å². The van der Waals surface area contributed by atoms with Gasteiger partial charge >= 0.3 is 0 Å². The maximum absolute atomic E-state index is 6.20. The number of aromatic nitrogens is 5. The normalized spacial score (nSPS) is 11.3. The SMILES string of the molecule is Cc1nc2ccc(CNc3ncc(Cc4ccc5cc[nH]c5c4)c(N)n3)cc2[nH]1. The third-order valence-electron chi connectivity index (χ3n) is 5.03. The van der Waals surface area contributed by atoms with Gasteiger partial charge in [0.1, 0.15) is 11.6 Å². The number of benzene rings is 2. The number of nitrogens with one attached hydrogen (secondary N) is 3. The number of imidazole rings is 1. The summed E-state index contributed by atoms with van der Waals surface area (Å²) in [6.45, 7) is 2.56. The monoisotopic (exact) mass is 383 g/mol. The van der Waals surface area contributed by atoms with Crippen LogP contribution in [-0.4, -0.2) is 24.9 Å². The molecule has 0 fully saturated rings. The molecule has 0 bridgehead atoms. The van der Waals surface area contributed by atoms with E-state index in [2.05, 4.69) is 60.6 Å². The van der Waals surface area contributed by atoms with Gasteiger partial charge in [-0.2, -0.15) is 4.98 Å². The van der Waals surface area contributed by atoms with E-state index in [-0.39, 0.29) is 0 Å². The first-order valence-corrected chi connectivity index (χ1v) is 9.50. The lowest BCUT2D eigenvalue weighted by molar-refractivity contribution is 1.03. The smallest absolute Gasteiger partial charge is 0.224 e. The van der Waals surface area contributed by atoms with E-state index in [1.165, 1.54) is 10.9 Å². The zero-order valence-electron chi connectivity index (χ0n) is 16.0. The Morgan fingerprint density at radius 1 is 1.00 bits per heavy atom. The van der Waals surface area contributed by atoms with Crippen LogP contribution in [0.4, 0.5) is 11.8 Å². The van der Waals surface area contributed by atoms with Gasteiger partial charge in [0.25, 0.3) is 0 Å². The molecule has 5 N–H and O–H groups in total. The van der Waals surface area contributed by atoms with Crippen molar-refractivity contribution in [1.29, 1.82) is 0 Å². The van der Waals surface area contributed by atoms with Crippen LogP contribution < -0.4 is 11.1 Å². The fourth-order valence-corrected chi connectivity index (χ4v) is 3.54. The minimum absolute atomic E-state index is 0.494. The molecule has 0 saturated carbocycles. The molecular formula is C22H21N7. The molecule has 5 aromatic rings. The fraction of sp³-hybridized carbons (Fsp3) is 0.136. The minimum Gasteiger partial charge on any atom is -0.383 e. The van der Waals surface area contributed by atoms with Crippen LogP contribution in [0.2, 0.25) is 0 Å². The summed E-state index contributed by atoms with van der Waals surface area (Å²) in [4.78, 5) is 19.8. The van der Waals surface area contributed by atoms with Crippen molar-refractivity contribution in [2.45, 2.75) is 19.9 Å². The molecule has 0 unspecified atom stereocenters. The average molecular weight is 383 g/mol. The molecule has 0 aliphatic carbocycles. The number of nitrogen functional groups attached to an aromatic ring is 1. The highest BCUT2D eigenvalue weighted by Gasteiger charge is 2.07. The van der Waals surface area contributed by atoms with Crippen LogP contribution in [0.5, 0.6) is 0 Å². The van der Waals surface area contributed by atoms with E-state index in [1.54, 1.807) is 6.20 Å². The number of anilines is 2.